The van der Waals surface area contributed by atoms with Gasteiger partial charge in [-0.15, -0.1) is 10.2 Å². The third-order valence-electron chi connectivity index (χ3n) is 5.38. The number of benzene rings is 1. The number of aromatic nitrogens is 3. The zero-order valence-electron chi connectivity index (χ0n) is 16.7. The van der Waals surface area contributed by atoms with Gasteiger partial charge in [-0.05, 0) is 38.8 Å². The number of nitrogens with zero attached hydrogens (tertiary/aromatic N) is 5. The zero-order valence-corrected chi connectivity index (χ0v) is 17.5. The molecule has 2 atom stereocenters. The van der Waals surface area contributed by atoms with Crippen LogP contribution in [-0.4, -0.2) is 58.3 Å². The van der Waals surface area contributed by atoms with Crippen LogP contribution < -0.4 is 9.80 Å². The van der Waals surface area contributed by atoms with E-state index in [9.17, 15) is 4.79 Å². The van der Waals surface area contributed by atoms with Crippen LogP contribution in [0.15, 0.2) is 29.4 Å². The van der Waals surface area contributed by atoms with Crippen molar-refractivity contribution in [2.45, 2.75) is 50.2 Å². The Kier molecular flexibility index (Phi) is 5.59. The van der Waals surface area contributed by atoms with Crippen LogP contribution in [-0.2, 0) is 22.5 Å². The molecule has 28 heavy (non-hydrogen) atoms. The molecule has 0 spiro atoms. The molecule has 2 aromatic rings. The largest absolute Gasteiger partial charge is 0.378 e. The summed E-state index contributed by atoms with van der Waals surface area (Å²) in [7, 11) is 0. The molecule has 0 unspecified atom stereocenters. The predicted molar refractivity (Wildman–Crippen MR) is 111 cm³/mol. The minimum atomic E-state index is -0.236. The molecule has 1 aromatic carbocycles. The molecule has 0 bridgehead atoms. The lowest BCUT2D eigenvalue weighted by molar-refractivity contribution is -0.118. The van der Waals surface area contributed by atoms with Crippen molar-refractivity contribution < 1.29 is 9.53 Å². The first kappa shape index (κ1) is 19.3. The van der Waals surface area contributed by atoms with Crippen LogP contribution in [0, 0.1) is 0 Å². The molecule has 0 aliphatic carbocycles. The van der Waals surface area contributed by atoms with Crippen molar-refractivity contribution >= 4 is 29.3 Å². The zero-order chi connectivity index (χ0) is 19.7. The number of hydrogen-bond acceptors (Lipinski definition) is 6. The lowest BCUT2D eigenvalue weighted by atomic mass is 10.1. The molecule has 1 fully saturated rings. The number of rotatable bonds is 5. The second kappa shape index (κ2) is 8.13. The molecule has 150 valence electrons. The van der Waals surface area contributed by atoms with Gasteiger partial charge >= 0.3 is 0 Å². The van der Waals surface area contributed by atoms with Gasteiger partial charge in [0, 0.05) is 31.4 Å². The maximum absolute atomic E-state index is 13.3. The van der Waals surface area contributed by atoms with E-state index in [1.165, 1.54) is 17.3 Å². The maximum Gasteiger partial charge on any atom is 0.240 e. The van der Waals surface area contributed by atoms with Crippen molar-refractivity contribution in [1.29, 1.82) is 0 Å². The van der Waals surface area contributed by atoms with Crippen LogP contribution in [0.2, 0.25) is 0 Å². The van der Waals surface area contributed by atoms with Gasteiger partial charge in [0.2, 0.25) is 11.9 Å². The maximum atomic E-state index is 13.3. The highest BCUT2D eigenvalue weighted by molar-refractivity contribution is 8.00. The van der Waals surface area contributed by atoms with Crippen molar-refractivity contribution in [3.63, 3.8) is 0 Å². The fraction of sp³-hybridized carbons (Fsp3) is 0.550. The SMILES string of the molecule is CCn1c(S[C@@H](C)C(=O)N2c3ccccc3C[C@H]2C)nnc1N1CCOCC1. The highest BCUT2D eigenvalue weighted by atomic mass is 32.2. The normalized spacial score (nSPS) is 20.3. The van der Waals surface area contributed by atoms with Crippen molar-refractivity contribution in [3.8, 4) is 0 Å². The summed E-state index contributed by atoms with van der Waals surface area (Å²) in [5.74, 6) is 0.994. The summed E-state index contributed by atoms with van der Waals surface area (Å²) in [6, 6.07) is 8.37. The number of carbonyl (C=O) groups excluding carboxylic acids is 1. The Labute approximate surface area is 170 Å². The van der Waals surface area contributed by atoms with E-state index < -0.39 is 0 Å². The quantitative estimate of drug-likeness (QED) is 0.718. The van der Waals surface area contributed by atoms with Crippen molar-refractivity contribution in [3.05, 3.63) is 29.8 Å². The Hall–Kier alpha value is -2.06. The second-order valence-corrected chi connectivity index (χ2v) is 8.58. The van der Waals surface area contributed by atoms with Crippen LogP contribution in [0.5, 0.6) is 0 Å². The molecule has 1 saturated heterocycles. The lowest BCUT2D eigenvalue weighted by Gasteiger charge is -2.28. The molecular weight excluding hydrogens is 374 g/mol. The molecule has 4 rings (SSSR count). The minimum absolute atomic E-state index is 0.126. The number of carbonyl (C=O) groups is 1. The Bertz CT molecular complexity index is 849. The fourth-order valence-electron chi connectivity index (χ4n) is 3.95. The molecule has 0 radical (unpaired) electrons. The summed E-state index contributed by atoms with van der Waals surface area (Å²) in [6.07, 6.45) is 0.908. The van der Waals surface area contributed by atoms with Crippen LogP contribution in [0.4, 0.5) is 11.6 Å². The third-order valence-corrected chi connectivity index (χ3v) is 6.45. The average Bonchev–Trinajstić information content (AvgIpc) is 3.27. The van der Waals surface area contributed by atoms with Crippen LogP contribution in [0.25, 0.3) is 0 Å². The molecule has 1 amide bonds. The van der Waals surface area contributed by atoms with Gasteiger partial charge in [-0.1, -0.05) is 30.0 Å². The Morgan fingerprint density at radius 1 is 1.29 bits per heavy atom. The first-order chi connectivity index (χ1) is 13.6. The van der Waals surface area contributed by atoms with E-state index in [1.807, 2.05) is 30.0 Å². The van der Waals surface area contributed by atoms with Crippen molar-refractivity contribution in [2.75, 3.05) is 36.1 Å². The summed E-state index contributed by atoms with van der Waals surface area (Å²) < 4.78 is 7.54. The van der Waals surface area contributed by atoms with Gasteiger partial charge in [0.15, 0.2) is 5.16 Å². The Balaban J connectivity index is 1.51. The van der Waals surface area contributed by atoms with E-state index >= 15 is 0 Å². The fourth-order valence-corrected chi connectivity index (χ4v) is 4.90. The van der Waals surface area contributed by atoms with Gasteiger partial charge in [-0.25, -0.2) is 0 Å². The highest BCUT2D eigenvalue weighted by Crippen LogP contribution is 2.35. The molecule has 0 saturated carbocycles. The minimum Gasteiger partial charge on any atom is -0.378 e. The van der Waals surface area contributed by atoms with Gasteiger partial charge in [-0.2, -0.15) is 0 Å². The summed E-state index contributed by atoms with van der Waals surface area (Å²) in [4.78, 5) is 17.4. The van der Waals surface area contributed by atoms with Crippen molar-refractivity contribution in [2.24, 2.45) is 0 Å². The number of amides is 1. The third kappa shape index (κ3) is 3.51. The van der Waals surface area contributed by atoms with Gasteiger partial charge in [0.25, 0.3) is 0 Å². The number of para-hydroxylation sites is 1. The van der Waals surface area contributed by atoms with E-state index in [0.29, 0.717) is 13.2 Å². The summed E-state index contributed by atoms with van der Waals surface area (Å²) in [5.41, 5.74) is 2.28. The predicted octanol–water partition coefficient (Wildman–Crippen LogP) is 2.59. The smallest absolute Gasteiger partial charge is 0.240 e. The molecule has 2 aliphatic rings. The summed E-state index contributed by atoms with van der Waals surface area (Å²) in [5, 5.41) is 9.37. The topological polar surface area (TPSA) is 63.5 Å². The number of anilines is 2. The summed E-state index contributed by atoms with van der Waals surface area (Å²) >= 11 is 1.49. The molecule has 7 nitrogen and oxygen atoms in total. The average molecular weight is 402 g/mol. The number of morpholine rings is 1. The van der Waals surface area contributed by atoms with Crippen molar-refractivity contribution in [1.82, 2.24) is 14.8 Å². The van der Waals surface area contributed by atoms with E-state index in [2.05, 4.69) is 39.6 Å². The van der Waals surface area contributed by atoms with E-state index in [4.69, 9.17) is 4.74 Å². The van der Waals surface area contributed by atoms with E-state index in [-0.39, 0.29) is 17.2 Å². The molecule has 1 aromatic heterocycles. The Morgan fingerprint density at radius 3 is 2.79 bits per heavy atom. The first-order valence-electron chi connectivity index (χ1n) is 9.93. The molecular formula is C20H27N5O2S. The number of ether oxygens (including phenoxy) is 1. The van der Waals surface area contributed by atoms with Crippen LogP contribution >= 0.6 is 11.8 Å². The van der Waals surface area contributed by atoms with Gasteiger partial charge in [0.05, 0.1) is 18.5 Å². The molecule has 3 heterocycles. The first-order valence-corrected chi connectivity index (χ1v) is 10.8. The summed E-state index contributed by atoms with van der Waals surface area (Å²) in [6.45, 7) is 9.98. The van der Waals surface area contributed by atoms with Gasteiger partial charge in [-0.3, -0.25) is 9.36 Å². The van der Waals surface area contributed by atoms with Crippen LogP contribution in [0.3, 0.4) is 0 Å². The molecule has 0 N–H and O–H groups in total. The number of thioether (sulfide) groups is 1. The molecule has 8 heteroatoms. The lowest BCUT2D eigenvalue weighted by Crippen LogP contribution is -2.40. The number of hydrogen-bond donors (Lipinski definition) is 0. The van der Waals surface area contributed by atoms with Gasteiger partial charge < -0.3 is 14.5 Å². The van der Waals surface area contributed by atoms with Gasteiger partial charge in [0.1, 0.15) is 0 Å². The van der Waals surface area contributed by atoms with Crippen LogP contribution in [0.1, 0.15) is 26.3 Å². The molecule has 2 aliphatic heterocycles. The van der Waals surface area contributed by atoms with E-state index in [1.54, 1.807) is 0 Å². The monoisotopic (exact) mass is 401 g/mol. The van der Waals surface area contributed by atoms with E-state index in [0.717, 1.165) is 42.8 Å². The highest BCUT2D eigenvalue weighted by Gasteiger charge is 2.34. The second-order valence-electron chi connectivity index (χ2n) is 7.28. The number of fused-ring (bicyclic) bond motifs is 1. The Morgan fingerprint density at radius 2 is 2.04 bits per heavy atom. The standard InChI is InChI=1S/C20H27N5O2S/c1-4-24-19(23-9-11-27-12-10-23)21-22-20(24)28-15(3)18(26)25-14(2)13-16-7-5-6-8-17(16)25/h5-8,14-15H,4,9-13H2,1-3H3/t14-,15+/m1/s1.